The first-order valence-electron chi connectivity index (χ1n) is 5.91. The van der Waals surface area contributed by atoms with Crippen molar-refractivity contribution in [3.8, 4) is 0 Å². The van der Waals surface area contributed by atoms with Gasteiger partial charge < -0.3 is 15.2 Å². The molecule has 1 aliphatic rings. The quantitative estimate of drug-likeness (QED) is 0.655. The molecule has 15 heavy (non-hydrogen) atoms. The lowest BCUT2D eigenvalue weighted by Gasteiger charge is -2.37. The van der Waals surface area contributed by atoms with Crippen LogP contribution in [0.1, 0.15) is 20.3 Å². The Morgan fingerprint density at radius 1 is 1.47 bits per heavy atom. The van der Waals surface area contributed by atoms with Gasteiger partial charge in [0.15, 0.2) is 0 Å². The van der Waals surface area contributed by atoms with E-state index in [0.717, 1.165) is 39.3 Å². The van der Waals surface area contributed by atoms with Crippen LogP contribution in [0.4, 0.5) is 0 Å². The van der Waals surface area contributed by atoms with Crippen LogP contribution in [0.15, 0.2) is 0 Å². The summed E-state index contributed by atoms with van der Waals surface area (Å²) in [6.07, 6.45) is 1.29. The summed E-state index contributed by atoms with van der Waals surface area (Å²) < 4.78 is 11.1. The number of rotatable bonds is 6. The summed E-state index contributed by atoms with van der Waals surface area (Å²) in [7, 11) is 0. The van der Waals surface area contributed by atoms with Crippen LogP contribution in [0.25, 0.3) is 0 Å². The molecule has 90 valence electrons. The summed E-state index contributed by atoms with van der Waals surface area (Å²) in [6.45, 7) is 9.31. The van der Waals surface area contributed by atoms with Gasteiger partial charge in [-0.1, -0.05) is 6.92 Å². The molecule has 0 spiro atoms. The zero-order valence-corrected chi connectivity index (χ0v) is 9.95. The van der Waals surface area contributed by atoms with Gasteiger partial charge in [0.2, 0.25) is 0 Å². The van der Waals surface area contributed by atoms with Crippen LogP contribution in [-0.4, -0.2) is 56.5 Å². The lowest BCUT2D eigenvalue weighted by atomic mass is 10.2. The van der Waals surface area contributed by atoms with Crippen molar-refractivity contribution in [2.24, 2.45) is 5.73 Å². The van der Waals surface area contributed by atoms with Crippen molar-refractivity contribution in [2.45, 2.75) is 32.4 Å². The van der Waals surface area contributed by atoms with E-state index in [0.29, 0.717) is 12.6 Å². The van der Waals surface area contributed by atoms with E-state index in [9.17, 15) is 0 Å². The maximum atomic E-state index is 5.60. The third-order valence-corrected chi connectivity index (χ3v) is 2.77. The van der Waals surface area contributed by atoms with E-state index >= 15 is 0 Å². The minimum Gasteiger partial charge on any atom is -0.380 e. The van der Waals surface area contributed by atoms with E-state index in [2.05, 4.69) is 18.7 Å². The summed E-state index contributed by atoms with van der Waals surface area (Å²) in [4.78, 5) is 2.40. The number of ether oxygens (including phenoxy) is 2. The fourth-order valence-electron chi connectivity index (χ4n) is 1.76. The van der Waals surface area contributed by atoms with Crippen molar-refractivity contribution in [1.82, 2.24) is 4.90 Å². The highest BCUT2D eigenvalue weighted by Gasteiger charge is 2.24. The Kier molecular flexibility index (Phi) is 6.17. The zero-order chi connectivity index (χ0) is 11.1. The van der Waals surface area contributed by atoms with Gasteiger partial charge in [0, 0.05) is 32.3 Å². The van der Waals surface area contributed by atoms with Gasteiger partial charge in [-0.25, -0.2) is 0 Å². The zero-order valence-electron chi connectivity index (χ0n) is 9.95. The van der Waals surface area contributed by atoms with Gasteiger partial charge in [-0.15, -0.1) is 0 Å². The summed E-state index contributed by atoms with van der Waals surface area (Å²) in [5.41, 5.74) is 5.60. The van der Waals surface area contributed by atoms with Crippen LogP contribution in [0.2, 0.25) is 0 Å². The molecular formula is C11H24N2O2. The molecule has 0 saturated carbocycles. The van der Waals surface area contributed by atoms with Crippen LogP contribution in [0.5, 0.6) is 0 Å². The maximum Gasteiger partial charge on any atom is 0.0824 e. The third kappa shape index (κ3) is 4.47. The van der Waals surface area contributed by atoms with E-state index in [1.54, 1.807) is 0 Å². The van der Waals surface area contributed by atoms with E-state index in [-0.39, 0.29) is 6.10 Å². The van der Waals surface area contributed by atoms with E-state index < -0.39 is 0 Å². The summed E-state index contributed by atoms with van der Waals surface area (Å²) >= 11 is 0. The van der Waals surface area contributed by atoms with Gasteiger partial charge in [0.25, 0.3) is 0 Å². The predicted molar refractivity (Wildman–Crippen MR) is 60.9 cm³/mol. The van der Waals surface area contributed by atoms with Crippen LogP contribution < -0.4 is 5.73 Å². The van der Waals surface area contributed by atoms with Crippen LogP contribution in [-0.2, 0) is 9.47 Å². The topological polar surface area (TPSA) is 47.7 Å². The van der Waals surface area contributed by atoms with E-state index in [1.165, 1.54) is 0 Å². The van der Waals surface area contributed by atoms with Gasteiger partial charge >= 0.3 is 0 Å². The number of hydrogen-bond acceptors (Lipinski definition) is 4. The molecule has 0 aromatic carbocycles. The molecule has 2 N–H and O–H groups in total. The lowest BCUT2D eigenvalue weighted by molar-refractivity contribution is -0.0606. The molecule has 0 aliphatic carbocycles. The highest BCUT2D eigenvalue weighted by molar-refractivity contribution is 4.77. The number of hydrogen-bond donors (Lipinski definition) is 1. The second kappa shape index (κ2) is 7.17. The average Bonchev–Trinajstić information content (AvgIpc) is 2.26. The normalized spacial score (nSPS) is 28.2. The van der Waals surface area contributed by atoms with E-state index in [4.69, 9.17) is 15.2 Å². The van der Waals surface area contributed by atoms with Gasteiger partial charge in [-0.2, -0.15) is 0 Å². The van der Waals surface area contributed by atoms with Crippen molar-refractivity contribution in [2.75, 3.05) is 39.5 Å². The van der Waals surface area contributed by atoms with Gasteiger partial charge in [0.05, 0.1) is 19.3 Å². The fraction of sp³-hybridized carbons (Fsp3) is 1.00. The minimum atomic E-state index is 0.201. The molecule has 2 unspecified atom stereocenters. The molecule has 2 atom stereocenters. The van der Waals surface area contributed by atoms with Crippen molar-refractivity contribution >= 4 is 0 Å². The van der Waals surface area contributed by atoms with Crippen molar-refractivity contribution in [3.63, 3.8) is 0 Å². The molecule has 0 bridgehead atoms. The summed E-state index contributed by atoms with van der Waals surface area (Å²) in [6, 6.07) is 0.484. The number of nitrogens with zero attached hydrogens (tertiary/aromatic N) is 1. The van der Waals surface area contributed by atoms with Crippen LogP contribution in [0, 0.1) is 0 Å². The first-order valence-corrected chi connectivity index (χ1v) is 5.91. The smallest absolute Gasteiger partial charge is 0.0824 e. The largest absolute Gasteiger partial charge is 0.380 e. The van der Waals surface area contributed by atoms with Crippen LogP contribution >= 0.6 is 0 Å². The second-order valence-corrected chi connectivity index (χ2v) is 4.15. The molecule has 1 saturated heterocycles. The molecule has 1 aliphatic heterocycles. The maximum absolute atomic E-state index is 5.60. The van der Waals surface area contributed by atoms with Crippen LogP contribution in [0.3, 0.4) is 0 Å². The van der Waals surface area contributed by atoms with E-state index in [1.807, 2.05) is 0 Å². The van der Waals surface area contributed by atoms with Crippen molar-refractivity contribution < 1.29 is 9.47 Å². The SMILES string of the molecule is CCCOCCN1CC(CN)OCC1C. The lowest BCUT2D eigenvalue weighted by Crippen LogP contribution is -2.51. The Labute approximate surface area is 92.7 Å². The summed E-state index contributed by atoms with van der Waals surface area (Å²) in [5.74, 6) is 0. The molecule has 0 radical (unpaired) electrons. The highest BCUT2D eigenvalue weighted by atomic mass is 16.5. The first kappa shape index (κ1) is 12.9. The molecule has 0 amide bonds. The Bertz CT molecular complexity index is 167. The molecule has 0 aromatic rings. The Morgan fingerprint density at radius 2 is 2.27 bits per heavy atom. The Morgan fingerprint density at radius 3 is 2.93 bits per heavy atom. The predicted octanol–water partition coefficient (Wildman–Crippen LogP) is 0.461. The Balaban J connectivity index is 2.19. The van der Waals surface area contributed by atoms with Crippen molar-refractivity contribution in [1.29, 1.82) is 0 Å². The first-order chi connectivity index (χ1) is 7.27. The van der Waals surface area contributed by atoms with Crippen molar-refractivity contribution in [3.05, 3.63) is 0 Å². The standard InChI is InChI=1S/C11H24N2O2/c1-3-5-14-6-4-13-8-11(7-12)15-9-10(13)2/h10-11H,3-9,12H2,1-2H3. The molecule has 1 heterocycles. The van der Waals surface area contributed by atoms with Gasteiger partial charge in [-0.3, -0.25) is 4.90 Å². The highest BCUT2D eigenvalue weighted by Crippen LogP contribution is 2.10. The van der Waals surface area contributed by atoms with Gasteiger partial charge in [0.1, 0.15) is 0 Å². The number of morpholine rings is 1. The molecule has 1 rings (SSSR count). The monoisotopic (exact) mass is 216 g/mol. The molecule has 4 nitrogen and oxygen atoms in total. The molecule has 0 aromatic heterocycles. The molecular weight excluding hydrogens is 192 g/mol. The fourth-order valence-corrected chi connectivity index (χ4v) is 1.76. The molecule has 4 heteroatoms. The molecule has 1 fully saturated rings. The van der Waals surface area contributed by atoms with Gasteiger partial charge in [-0.05, 0) is 13.3 Å². The Hall–Kier alpha value is -0.160. The minimum absolute atomic E-state index is 0.201. The average molecular weight is 216 g/mol. The summed E-state index contributed by atoms with van der Waals surface area (Å²) in [5, 5.41) is 0. The number of nitrogens with two attached hydrogens (primary N) is 1. The third-order valence-electron chi connectivity index (χ3n) is 2.77. The second-order valence-electron chi connectivity index (χ2n) is 4.15.